The predicted molar refractivity (Wildman–Crippen MR) is 27.2 cm³/mol. The Balaban J connectivity index is 0. The fraction of sp³-hybridized carbons (Fsp3) is 0.500. The van der Waals surface area contributed by atoms with Crippen molar-refractivity contribution in [2.24, 2.45) is 11.7 Å². The Morgan fingerprint density at radius 1 is 1.67 bits per heavy atom. The molecule has 0 heterocycles. The number of hydrazine groups is 1. The first-order valence-corrected chi connectivity index (χ1v) is 1.78. The molecule has 0 atom stereocenters. The maximum absolute atomic E-state index is 10.1. The summed E-state index contributed by atoms with van der Waals surface area (Å²) in [6.07, 6.45) is 0. The van der Waals surface area contributed by atoms with Gasteiger partial charge in [0.2, 0.25) is 0 Å². The zero-order valence-corrected chi connectivity index (χ0v) is 4.59. The molecule has 7 heteroatoms. The summed E-state index contributed by atoms with van der Waals surface area (Å²) >= 11 is 0. The molecule has 0 aliphatic carbocycles. The lowest BCUT2D eigenvalue weighted by atomic mass is 10.8. The van der Waals surface area contributed by atoms with E-state index in [0.29, 0.717) is 0 Å². The van der Waals surface area contributed by atoms with Gasteiger partial charge in [-0.15, -0.1) is 0 Å². The maximum atomic E-state index is 10.1. The minimum atomic E-state index is -0.671. The second-order valence-corrected chi connectivity index (χ2v) is 0.903. The first-order valence-electron chi connectivity index (χ1n) is 1.78. The van der Waals surface area contributed by atoms with Crippen molar-refractivity contribution in [2.45, 2.75) is 0 Å². The molecule has 9 heavy (non-hydrogen) atoms. The number of carbonyl (C=O) groups is 1. The molecule has 0 saturated carbocycles. The van der Waals surface area contributed by atoms with E-state index in [1.54, 1.807) is 5.59 Å². The molecule has 0 amide bonds. The summed E-state index contributed by atoms with van der Waals surface area (Å²) < 4.78 is 0. The van der Waals surface area contributed by atoms with Gasteiger partial charge in [0.05, 0.1) is 0 Å². The van der Waals surface area contributed by atoms with Gasteiger partial charge < -0.3 is 10.3 Å². The molecule has 0 spiro atoms. The van der Waals surface area contributed by atoms with Gasteiger partial charge in [0.25, 0.3) is 0 Å². The largest absolute Gasteiger partial charge is 0.412 e. The summed E-state index contributed by atoms with van der Waals surface area (Å²) in [5.74, 6) is 8.39. The molecule has 7 N–H and O–H groups in total. The maximum Gasteiger partial charge on any atom is 0.354 e. The molecule has 7 nitrogen and oxygen atoms in total. The van der Waals surface area contributed by atoms with Crippen molar-refractivity contribution in [2.75, 3.05) is 6.61 Å². The number of hydrogen-bond acceptors (Lipinski definition) is 6. The van der Waals surface area contributed by atoms with Crippen molar-refractivity contribution in [1.29, 1.82) is 0 Å². The zero-order valence-electron chi connectivity index (χ0n) is 4.59. The Hall–Kier alpha value is -0.730. The van der Waals surface area contributed by atoms with Crippen LogP contribution in [-0.2, 0) is 14.5 Å². The van der Waals surface area contributed by atoms with Crippen LogP contribution in [0.15, 0.2) is 0 Å². The highest BCUT2D eigenvalue weighted by atomic mass is 16.7. The second kappa shape index (κ2) is 7.27. The Kier molecular flexibility index (Phi) is 8.98. The van der Waals surface area contributed by atoms with Gasteiger partial charge in [-0.1, -0.05) is 5.59 Å². The fourth-order valence-electron chi connectivity index (χ4n) is 0.163. The smallest absolute Gasteiger partial charge is 0.354 e. The molecule has 0 bridgehead atoms. The summed E-state index contributed by atoms with van der Waals surface area (Å²) in [7, 11) is 0. The van der Waals surface area contributed by atoms with Crippen LogP contribution < -0.4 is 17.3 Å². The first kappa shape index (κ1) is 11.1. The van der Waals surface area contributed by atoms with Crippen molar-refractivity contribution < 1.29 is 19.9 Å². The predicted octanol–water partition coefficient (Wildman–Crippen LogP) is -3.03. The monoisotopic (exact) mass is 139 g/mol. The third-order valence-corrected chi connectivity index (χ3v) is 0.374. The minimum absolute atomic E-state index is 0. The van der Waals surface area contributed by atoms with Crippen molar-refractivity contribution >= 4 is 5.97 Å². The molecular weight excluding hydrogens is 130 g/mol. The van der Waals surface area contributed by atoms with E-state index in [-0.39, 0.29) is 12.1 Å². The molecule has 0 unspecified atom stereocenters. The molecule has 0 aliphatic rings. The molecular formula is C2H9N3O4. The first-order chi connectivity index (χ1) is 3.81. The average molecular weight is 139 g/mol. The summed E-state index contributed by atoms with van der Waals surface area (Å²) in [5.41, 5.74) is 1.67. The molecule has 56 valence electrons. The lowest BCUT2D eigenvalue weighted by molar-refractivity contribution is -0.156. The molecule has 0 aliphatic heterocycles. The van der Waals surface area contributed by atoms with E-state index in [1.165, 1.54) is 0 Å². The van der Waals surface area contributed by atoms with Crippen molar-refractivity contribution in [1.82, 2.24) is 5.59 Å². The van der Waals surface area contributed by atoms with Gasteiger partial charge in [-0.2, -0.15) is 0 Å². The van der Waals surface area contributed by atoms with E-state index in [2.05, 4.69) is 21.4 Å². The van der Waals surface area contributed by atoms with Crippen LogP contribution in [0.1, 0.15) is 0 Å². The summed E-state index contributed by atoms with van der Waals surface area (Å²) in [6, 6.07) is 0. The highest BCUT2D eigenvalue weighted by molar-refractivity contribution is 5.70. The van der Waals surface area contributed by atoms with E-state index in [0.717, 1.165) is 0 Å². The normalized spacial score (nSPS) is 7.78. The van der Waals surface area contributed by atoms with Crippen molar-refractivity contribution in [3.05, 3.63) is 0 Å². The zero-order chi connectivity index (χ0) is 6.41. The lowest BCUT2D eigenvalue weighted by Crippen LogP contribution is -2.29. The summed E-state index contributed by atoms with van der Waals surface area (Å²) in [5, 5.41) is 0. The van der Waals surface area contributed by atoms with Gasteiger partial charge in [0.1, 0.15) is 0 Å². The Morgan fingerprint density at radius 2 is 2.22 bits per heavy atom. The van der Waals surface area contributed by atoms with Gasteiger partial charge in [0.15, 0.2) is 6.61 Å². The van der Waals surface area contributed by atoms with Gasteiger partial charge in [-0.25, -0.2) is 16.5 Å². The fourth-order valence-corrected chi connectivity index (χ4v) is 0.163. The standard InChI is InChI=1S/C2H7N3O3.H2O/c3-5-8-2(6)1-7-4;/h5H,1,3-4H2;1H2. The van der Waals surface area contributed by atoms with E-state index < -0.39 is 5.97 Å². The third kappa shape index (κ3) is 7.27. The molecule has 0 aromatic heterocycles. The minimum Gasteiger partial charge on any atom is -0.412 e. The van der Waals surface area contributed by atoms with Gasteiger partial charge in [-0.3, -0.25) is 4.84 Å². The van der Waals surface area contributed by atoms with E-state index in [9.17, 15) is 4.79 Å². The van der Waals surface area contributed by atoms with Gasteiger partial charge >= 0.3 is 5.97 Å². The molecule has 0 rings (SSSR count). The Labute approximate surface area is 51.1 Å². The van der Waals surface area contributed by atoms with Gasteiger partial charge in [-0.05, 0) is 0 Å². The summed E-state index contributed by atoms with van der Waals surface area (Å²) in [6.45, 7) is -0.315. The number of nitrogens with two attached hydrogens (primary N) is 2. The number of rotatable bonds is 3. The quantitative estimate of drug-likeness (QED) is 0.281. The van der Waals surface area contributed by atoms with Crippen molar-refractivity contribution in [3.63, 3.8) is 0 Å². The SMILES string of the molecule is NNOC(=O)CON.O. The molecule has 0 fully saturated rings. The Morgan fingerprint density at radius 3 is 2.56 bits per heavy atom. The number of hydrogen-bond donors (Lipinski definition) is 3. The van der Waals surface area contributed by atoms with E-state index in [1.807, 2.05) is 0 Å². The van der Waals surface area contributed by atoms with Gasteiger partial charge in [0, 0.05) is 0 Å². The summed E-state index contributed by atoms with van der Waals surface area (Å²) in [4.78, 5) is 17.9. The van der Waals surface area contributed by atoms with Crippen LogP contribution in [0.3, 0.4) is 0 Å². The Bertz CT molecular complexity index is 68.2. The number of nitrogens with one attached hydrogen (secondary N) is 1. The topological polar surface area (TPSA) is 131 Å². The highest BCUT2D eigenvalue weighted by Gasteiger charge is 1.97. The van der Waals surface area contributed by atoms with Crippen LogP contribution in [0.4, 0.5) is 0 Å². The average Bonchev–Trinajstić information content (AvgIpc) is 1.68. The van der Waals surface area contributed by atoms with Crippen LogP contribution in [0, 0.1) is 0 Å². The molecule has 0 aromatic rings. The molecule has 0 radical (unpaired) electrons. The van der Waals surface area contributed by atoms with Crippen LogP contribution >= 0.6 is 0 Å². The van der Waals surface area contributed by atoms with Crippen LogP contribution in [0.5, 0.6) is 0 Å². The van der Waals surface area contributed by atoms with Crippen LogP contribution in [0.25, 0.3) is 0 Å². The van der Waals surface area contributed by atoms with E-state index >= 15 is 0 Å². The number of carbonyl (C=O) groups excluding carboxylic acids is 1. The molecule has 0 aromatic carbocycles. The second-order valence-electron chi connectivity index (χ2n) is 0.903. The third-order valence-electron chi connectivity index (χ3n) is 0.374. The lowest BCUT2D eigenvalue weighted by Gasteiger charge is -1.96. The highest BCUT2D eigenvalue weighted by Crippen LogP contribution is 1.68. The van der Waals surface area contributed by atoms with E-state index in [4.69, 9.17) is 0 Å². The van der Waals surface area contributed by atoms with Crippen LogP contribution in [-0.4, -0.2) is 18.1 Å². The molecule has 0 saturated heterocycles. The van der Waals surface area contributed by atoms with Crippen molar-refractivity contribution in [3.8, 4) is 0 Å². The van der Waals surface area contributed by atoms with Crippen LogP contribution in [0.2, 0.25) is 0 Å².